The van der Waals surface area contributed by atoms with E-state index in [1.54, 1.807) is 7.11 Å². The molecule has 0 saturated heterocycles. The average Bonchev–Trinajstić information content (AvgIpc) is 2.08. The Bertz CT molecular complexity index is 189. The van der Waals surface area contributed by atoms with Crippen molar-refractivity contribution in [3.8, 4) is 5.75 Å². The van der Waals surface area contributed by atoms with E-state index >= 15 is 0 Å². The molecule has 0 atom stereocenters. The van der Waals surface area contributed by atoms with Crippen molar-refractivity contribution >= 4 is 6.47 Å². The summed E-state index contributed by atoms with van der Waals surface area (Å²) in [6.07, 6.45) is 0. The van der Waals surface area contributed by atoms with Crippen LogP contribution in [0.1, 0.15) is 0 Å². The summed E-state index contributed by atoms with van der Waals surface area (Å²) in [7, 11) is 1.66. The van der Waals surface area contributed by atoms with Gasteiger partial charge in [0.05, 0.1) is 7.11 Å². The first-order chi connectivity index (χ1) is 5.35. The zero-order valence-corrected chi connectivity index (χ0v) is 9.19. The van der Waals surface area contributed by atoms with Crippen molar-refractivity contribution in [2.45, 2.75) is 0 Å². The average molecular weight is 176 g/mol. The van der Waals surface area contributed by atoms with Crippen LogP contribution < -0.4 is 39.4 Å². The zero-order chi connectivity index (χ0) is 8.53. The molecule has 0 bridgehead atoms. The van der Waals surface area contributed by atoms with E-state index in [-0.39, 0.29) is 29.6 Å². The molecule has 1 rings (SSSR count). The standard InChI is InChI=1S/C7H8O.CH2O2.Na/c1-8-7-5-3-2-4-6-7;2-1-3;/h2-6H,1H3;1H,(H,2,3);/q;;+1/p-1. The van der Waals surface area contributed by atoms with E-state index in [9.17, 15) is 0 Å². The van der Waals surface area contributed by atoms with Crippen molar-refractivity contribution in [2.24, 2.45) is 0 Å². The molecule has 0 aliphatic carbocycles. The van der Waals surface area contributed by atoms with E-state index in [1.165, 1.54) is 0 Å². The Morgan fingerprint density at radius 2 is 1.75 bits per heavy atom. The molecule has 0 N–H and O–H groups in total. The molecule has 4 heteroatoms. The van der Waals surface area contributed by atoms with Crippen LogP contribution in [0.25, 0.3) is 0 Å². The predicted molar refractivity (Wildman–Crippen MR) is 39.1 cm³/mol. The predicted octanol–water partition coefficient (Wildman–Crippen LogP) is -2.93. The van der Waals surface area contributed by atoms with Gasteiger partial charge in [0.15, 0.2) is 0 Å². The summed E-state index contributed by atoms with van der Waals surface area (Å²) in [6, 6.07) is 9.68. The van der Waals surface area contributed by atoms with Gasteiger partial charge in [-0.05, 0) is 12.1 Å². The van der Waals surface area contributed by atoms with E-state index in [2.05, 4.69) is 0 Å². The van der Waals surface area contributed by atoms with Crippen LogP contribution in [0.4, 0.5) is 0 Å². The summed E-state index contributed by atoms with van der Waals surface area (Å²) in [6.45, 7) is -0.500. The first kappa shape index (κ1) is 14.0. The van der Waals surface area contributed by atoms with Crippen LogP contribution in [-0.4, -0.2) is 13.6 Å². The Balaban J connectivity index is 0. The Morgan fingerprint density at radius 3 is 2.00 bits per heavy atom. The molecular formula is C8H9NaO3. The number of ether oxygens (including phenoxy) is 1. The van der Waals surface area contributed by atoms with Crippen molar-refractivity contribution in [1.29, 1.82) is 0 Å². The van der Waals surface area contributed by atoms with Crippen molar-refractivity contribution in [3.63, 3.8) is 0 Å². The van der Waals surface area contributed by atoms with Gasteiger partial charge in [-0.1, -0.05) is 18.2 Å². The second kappa shape index (κ2) is 10.5. The molecule has 0 spiro atoms. The molecule has 0 aliphatic rings. The van der Waals surface area contributed by atoms with Gasteiger partial charge in [0.25, 0.3) is 0 Å². The molecule has 0 heterocycles. The van der Waals surface area contributed by atoms with Crippen molar-refractivity contribution in [1.82, 2.24) is 0 Å². The van der Waals surface area contributed by atoms with Crippen LogP contribution in [-0.2, 0) is 4.79 Å². The number of carbonyl (C=O) groups is 1. The normalized spacial score (nSPS) is 6.75. The van der Waals surface area contributed by atoms with Gasteiger partial charge in [-0.3, -0.25) is 0 Å². The van der Waals surface area contributed by atoms with Crippen LogP contribution in [0.15, 0.2) is 30.3 Å². The Kier molecular flexibility index (Phi) is 12.3. The molecule has 0 fully saturated rings. The number of carboxylic acid groups (broad SMARTS) is 1. The maximum atomic E-state index is 8.25. The summed E-state index contributed by atoms with van der Waals surface area (Å²) in [5.41, 5.74) is 0. The Morgan fingerprint density at radius 1 is 1.33 bits per heavy atom. The van der Waals surface area contributed by atoms with Crippen molar-refractivity contribution in [2.75, 3.05) is 7.11 Å². The van der Waals surface area contributed by atoms with Crippen LogP contribution in [0.5, 0.6) is 5.75 Å². The molecule has 60 valence electrons. The molecular weight excluding hydrogens is 167 g/mol. The summed E-state index contributed by atoms with van der Waals surface area (Å²) in [5.74, 6) is 0.910. The van der Waals surface area contributed by atoms with Gasteiger partial charge in [-0.15, -0.1) is 0 Å². The van der Waals surface area contributed by atoms with Gasteiger partial charge in [0, 0.05) is 6.47 Å². The molecule has 0 aliphatic heterocycles. The molecule has 0 radical (unpaired) electrons. The van der Waals surface area contributed by atoms with Gasteiger partial charge in [0.2, 0.25) is 0 Å². The summed E-state index contributed by atoms with van der Waals surface area (Å²) >= 11 is 0. The zero-order valence-electron chi connectivity index (χ0n) is 7.19. The second-order valence-corrected chi connectivity index (χ2v) is 1.61. The van der Waals surface area contributed by atoms with E-state index in [0.717, 1.165) is 5.75 Å². The molecule has 1 aromatic rings. The number of methoxy groups -OCH3 is 1. The number of benzene rings is 1. The third-order valence-electron chi connectivity index (χ3n) is 0.979. The summed E-state index contributed by atoms with van der Waals surface area (Å²) < 4.78 is 4.91. The largest absolute Gasteiger partial charge is 1.00 e. The van der Waals surface area contributed by atoms with Gasteiger partial charge in [-0.2, -0.15) is 0 Å². The number of carbonyl (C=O) groups excluding carboxylic acids is 1. The number of rotatable bonds is 1. The van der Waals surface area contributed by atoms with Gasteiger partial charge in [0.1, 0.15) is 5.75 Å². The topological polar surface area (TPSA) is 49.4 Å². The molecule has 0 aromatic heterocycles. The Hall–Kier alpha value is -0.510. The summed E-state index contributed by atoms with van der Waals surface area (Å²) in [5, 5.41) is 8.25. The first-order valence-electron chi connectivity index (χ1n) is 2.99. The summed E-state index contributed by atoms with van der Waals surface area (Å²) in [4.78, 5) is 8.25. The van der Waals surface area contributed by atoms with Crippen LogP contribution in [0, 0.1) is 0 Å². The number of hydrogen-bond donors (Lipinski definition) is 0. The maximum absolute atomic E-state index is 8.25. The molecule has 0 unspecified atom stereocenters. The van der Waals surface area contributed by atoms with E-state index in [0.29, 0.717) is 0 Å². The van der Waals surface area contributed by atoms with Gasteiger partial charge >= 0.3 is 29.6 Å². The fraction of sp³-hybridized carbons (Fsp3) is 0.125. The number of para-hydroxylation sites is 1. The SMILES string of the molecule is COc1ccccc1.O=C[O-].[Na+]. The van der Waals surface area contributed by atoms with E-state index < -0.39 is 6.47 Å². The fourth-order valence-electron chi connectivity index (χ4n) is 0.557. The van der Waals surface area contributed by atoms with Crippen LogP contribution in [0.2, 0.25) is 0 Å². The minimum absolute atomic E-state index is 0. The second-order valence-electron chi connectivity index (χ2n) is 1.61. The molecule has 1 aromatic carbocycles. The van der Waals surface area contributed by atoms with Gasteiger partial charge in [-0.25, -0.2) is 0 Å². The first-order valence-corrected chi connectivity index (χ1v) is 2.99. The maximum Gasteiger partial charge on any atom is 1.00 e. The van der Waals surface area contributed by atoms with Crippen molar-refractivity contribution in [3.05, 3.63) is 30.3 Å². The van der Waals surface area contributed by atoms with E-state index in [1.807, 2.05) is 30.3 Å². The molecule has 0 amide bonds. The fourth-order valence-corrected chi connectivity index (χ4v) is 0.557. The van der Waals surface area contributed by atoms with Crippen LogP contribution in [0.3, 0.4) is 0 Å². The monoisotopic (exact) mass is 176 g/mol. The third-order valence-corrected chi connectivity index (χ3v) is 0.979. The number of hydrogen-bond acceptors (Lipinski definition) is 3. The van der Waals surface area contributed by atoms with Crippen molar-refractivity contribution < 1.29 is 44.2 Å². The third kappa shape index (κ3) is 7.60. The minimum Gasteiger partial charge on any atom is -0.554 e. The quantitative estimate of drug-likeness (QED) is 0.340. The molecule has 3 nitrogen and oxygen atoms in total. The van der Waals surface area contributed by atoms with Gasteiger partial charge < -0.3 is 14.6 Å². The minimum atomic E-state index is -0.500. The van der Waals surface area contributed by atoms with E-state index in [4.69, 9.17) is 14.6 Å². The molecule has 0 saturated carbocycles. The smallest absolute Gasteiger partial charge is 0.554 e. The van der Waals surface area contributed by atoms with Crippen LogP contribution >= 0.6 is 0 Å². The Labute approximate surface area is 93.6 Å². The molecule has 12 heavy (non-hydrogen) atoms.